The third-order valence-corrected chi connectivity index (χ3v) is 7.54. The summed E-state index contributed by atoms with van der Waals surface area (Å²) >= 11 is 6.14. The first-order valence-electron chi connectivity index (χ1n) is 10.00. The number of nitrogens with two attached hydrogens (primary N) is 1. The maximum absolute atomic E-state index is 13.4. The first-order chi connectivity index (χ1) is 16.0. The smallest absolute Gasteiger partial charge is 0.409 e. The van der Waals surface area contributed by atoms with Crippen LogP contribution in [-0.4, -0.2) is 31.0 Å². The highest BCUT2D eigenvalue weighted by Crippen LogP contribution is 2.35. The van der Waals surface area contributed by atoms with Crippen molar-refractivity contribution in [3.05, 3.63) is 76.4 Å². The number of aryl methyl sites for hydroxylation is 1. The lowest BCUT2D eigenvalue weighted by molar-refractivity contribution is -0.137. The molecule has 0 unspecified atom stereocenters. The molecule has 3 aromatic rings. The van der Waals surface area contributed by atoms with E-state index >= 15 is 0 Å². The van der Waals surface area contributed by atoms with Gasteiger partial charge in [0.1, 0.15) is 0 Å². The van der Waals surface area contributed by atoms with Crippen molar-refractivity contribution in [3.63, 3.8) is 0 Å². The van der Waals surface area contributed by atoms with Crippen LogP contribution >= 0.6 is 11.6 Å². The van der Waals surface area contributed by atoms with Crippen molar-refractivity contribution in [2.45, 2.75) is 23.9 Å². The third-order valence-electron chi connectivity index (χ3n) is 5.41. The molecule has 0 radical (unpaired) electrons. The summed E-state index contributed by atoms with van der Waals surface area (Å²) in [7, 11) is -4.01. The van der Waals surface area contributed by atoms with E-state index in [2.05, 4.69) is 10.1 Å². The maximum atomic E-state index is 13.4. The fraction of sp³-hybridized carbons (Fsp3) is 0.182. The number of alkyl halides is 3. The summed E-state index contributed by atoms with van der Waals surface area (Å²) in [6.45, 7) is 0.218. The van der Waals surface area contributed by atoms with Crippen LogP contribution in [0.2, 0.25) is 5.02 Å². The molecule has 1 aliphatic heterocycles. The number of fused-ring (bicyclic) bond motifs is 1. The molecule has 0 amide bonds. The topological polar surface area (TPSA) is 109 Å². The van der Waals surface area contributed by atoms with Crippen molar-refractivity contribution >= 4 is 33.1 Å². The van der Waals surface area contributed by atoms with Gasteiger partial charge < -0.3 is 10.9 Å². The molecule has 0 bridgehead atoms. The second kappa shape index (κ2) is 8.80. The number of halogens is 4. The number of nitrogens with zero attached hydrogens (tertiary/aromatic N) is 3. The number of hydrogen-bond donors (Lipinski definition) is 2. The van der Waals surface area contributed by atoms with Gasteiger partial charge in [0, 0.05) is 17.7 Å². The van der Waals surface area contributed by atoms with Gasteiger partial charge in [-0.1, -0.05) is 28.9 Å². The lowest BCUT2D eigenvalue weighted by Crippen LogP contribution is -2.36. The van der Waals surface area contributed by atoms with Crippen LogP contribution in [0.15, 0.2) is 64.6 Å². The van der Waals surface area contributed by atoms with Gasteiger partial charge in [-0.05, 0) is 55.3 Å². The number of hydrogen-bond acceptors (Lipinski definition) is 5. The molecule has 2 heterocycles. The fourth-order valence-electron chi connectivity index (χ4n) is 3.70. The Labute approximate surface area is 198 Å². The summed E-state index contributed by atoms with van der Waals surface area (Å²) in [6.07, 6.45) is -3.42. The SMILES string of the molecule is N/C(=N\O)c1ccc(S(=O)(=O)N2CCCc3nc(-c4ccc(C(F)(F)F)cc4)ccc32)cc1Cl. The van der Waals surface area contributed by atoms with Crippen molar-refractivity contribution in [3.8, 4) is 11.3 Å². The van der Waals surface area contributed by atoms with E-state index in [-0.39, 0.29) is 27.9 Å². The Morgan fingerprint density at radius 1 is 1.12 bits per heavy atom. The molecule has 0 fully saturated rings. The molecule has 0 spiro atoms. The molecule has 1 aromatic heterocycles. The minimum absolute atomic E-state index is 0.00406. The van der Waals surface area contributed by atoms with Crippen molar-refractivity contribution in [1.82, 2.24) is 4.98 Å². The molecule has 0 saturated carbocycles. The van der Waals surface area contributed by atoms with Crippen LogP contribution in [0.3, 0.4) is 0 Å². The maximum Gasteiger partial charge on any atom is 0.416 e. The van der Waals surface area contributed by atoms with Gasteiger partial charge in [-0.25, -0.2) is 8.42 Å². The molecular formula is C22H18ClF3N4O3S. The summed E-state index contributed by atoms with van der Waals surface area (Å²) in [5.74, 6) is -0.253. The summed E-state index contributed by atoms with van der Waals surface area (Å²) in [5, 5.41) is 11.7. The quantitative estimate of drug-likeness (QED) is 0.230. The summed E-state index contributed by atoms with van der Waals surface area (Å²) in [4.78, 5) is 4.45. The summed E-state index contributed by atoms with van der Waals surface area (Å²) in [6, 6.07) is 11.7. The van der Waals surface area contributed by atoms with E-state index < -0.39 is 21.8 Å². The predicted molar refractivity (Wildman–Crippen MR) is 121 cm³/mol. The molecule has 0 saturated heterocycles. The predicted octanol–water partition coefficient (Wildman–Crippen LogP) is 4.66. The second-order valence-corrected chi connectivity index (χ2v) is 9.81. The van der Waals surface area contributed by atoms with Crippen LogP contribution in [0.1, 0.15) is 23.2 Å². The van der Waals surface area contributed by atoms with Crippen LogP contribution in [0.25, 0.3) is 11.3 Å². The van der Waals surface area contributed by atoms with E-state index in [1.54, 1.807) is 12.1 Å². The lowest BCUT2D eigenvalue weighted by Gasteiger charge is -2.30. The molecule has 34 heavy (non-hydrogen) atoms. The fourth-order valence-corrected chi connectivity index (χ4v) is 5.60. The number of rotatable bonds is 4. The minimum Gasteiger partial charge on any atom is -0.409 e. The standard InChI is InChI=1S/C22H18ClF3N4O3S/c23-17-12-15(7-8-16(17)21(27)29-31)34(32,33)30-11-1-2-19-20(30)10-9-18(28-19)13-3-5-14(6-4-13)22(24,25)26/h3-10,12,31H,1-2,11H2,(H2,27,29). The average molecular weight is 511 g/mol. The van der Waals surface area contributed by atoms with Gasteiger partial charge in [-0.3, -0.25) is 9.29 Å². The Hall–Kier alpha value is -3.31. The molecule has 4 rings (SSSR count). The van der Waals surface area contributed by atoms with E-state index in [1.807, 2.05) is 0 Å². The first-order valence-corrected chi connectivity index (χ1v) is 11.8. The van der Waals surface area contributed by atoms with Crippen molar-refractivity contribution in [1.29, 1.82) is 0 Å². The van der Waals surface area contributed by atoms with Crippen LogP contribution < -0.4 is 10.0 Å². The van der Waals surface area contributed by atoms with Crippen LogP contribution in [-0.2, 0) is 22.6 Å². The summed E-state index contributed by atoms with van der Waals surface area (Å²) in [5.41, 5.74) is 6.81. The van der Waals surface area contributed by atoms with Gasteiger partial charge in [-0.2, -0.15) is 13.2 Å². The molecule has 0 aliphatic carbocycles. The Morgan fingerprint density at radius 3 is 2.44 bits per heavy atom. The van der Waals surface area contributed by atoms with Crippen LogP contribution in [0.5, 0.6) is 0 Å². The van der Waals surface area contributed by atoms with E-state index in [0.29, 0.717) is 35.5 Å². The van der Waals surface area contributed by atoms with E-state index in [0.717, 1.165) is 12.1 Å². The highest BCUT2D eigenvalue weighted by Gasteiger charge is 2.32. The van der Waals surface area contributed by atoms with Gasteiger partial charge in [0.15, 0.2) is 5.84 Å². The van der Waals surface area contributed by atoms with Crippen molar-refractivity contribution < 1.29 is 26.8 Å². The number of amidine groups is 1. The van der Waals surface area contributed by atoms with Gasteiger partial charge >= 0.3 is 6.18 Å². The summed E-state index contributed by atoms with van der Waals surface area (Å²) < 4.78 is 66.5. The van der Waals surface area contributed by atoms with Crippen LogP contribution in [0, 0.1) is 0 Å². The Balaban J connectivity index is 1.68. The Morgan fingerprint density at radius 2 is 1.82 bits per heavy atom. The van der Waals surface area contributed by atoms with Crippen molar-refractivity contribution in [2.75, 3.05) is 10.8 Å². The highest BCUT2D eigenvalue weighted by molar-refractivity contribution is 7.92. The molecule has 3 N–H and O–H groups in total. The zero-order chi connectivity index (χ0) is 24.7. The Bertz CT molecular complexity index is 1380. The monoisotopic (exact) mass is 510 g/mol. The zero-order valence-corrected chi connectivity index (χ0v) is 19.0. The molecule has 7 nitrogen and oxygen atoms in total. The molecule has 1 aliphatic rings. The normalized spacial score (nSPS) is 14.7. The lowest BCUT2D eigenvalue weighted by atomic mass is 10.1. The van der Waals surface area contributed by atoms with Gasteiger partial charge in [-0.15, -0.1) is 0 Å². The number of anilines is 1. The third kappa shape index (κ3) is 4.40. The van der Waals surface area contributed by atoms with E-state index in [4.69, 9.17) is 22.5 Å². The number of aromatic nitrogens is 1. The molecule has 2 aromatic carbocycles. The number of sulfonamides is 1. The number of oxime groups is 1. The second-order valence-electron chi connectivity index (χ2n) is 7.55. The van der Waals surface area contributed by atoms with Gasteiger partial charge in [0.05, 0.1) is 32.6 Å². The Kier molecular flexibility index (Phi) is 6.17. The molecule has 0 atom stereocenters. The number of benzene rings is 2. The average Bonchev–Trinajstić information content (AvgIpc) is 2.82. The largest absolute Gasteiger partial charge is 0.416 e. The van der Waals surface area contributed by atoms with Crippen molar-refractivity contribution in [2.24, 2.45) is 10.9 Å². The van der Waals surface area contributed by atoms with E-state index in [9.17, 15) is 21.6 Å². The number of pyridine rings is 1. The van der Waals surface area contributed by atoms with Gasteiger partial charge in [0.25, 0.3) is 10.0 Å². The van der Waals surface area contributed by atoms with Crippen LogP contribution in [0.4, 0.5) is 18.9 Å². The molecule has 12 heteroatoms. The molecule has 178 valence electrons. The highest BCUT2D eigenvalue weighted by atomic mass is 35.5. The first kappa shape index (κ1) is 23.8. The minimum atomic E-state index is -4.44. The van der Waals surface area contributed by atoms with E-state index in [1.165, 1.54) is 34.6 Å². The van der Waals surface area contributed by atoms with Gasteiger partial charge in [0.2, 0.25) is 0 Å². The molecular weight excluding hydrogens is 493 g/mol. The zero-order valence-electron chi connectivity index (χ0n) is 17.4.